The van der Waals surface area contributed by atoms with Gasteiger partial charge in [0.25, 0.3) is 10.0 Å². The maximum absolute atomic E-state index is 12.2. The van der Waals surface area contributed by atoms with Gasteiger partial charge in [-0.05, 0) is 40.2 Å². The molecule has 0 aliphatic carbocycles. The monoisotopic (exact) mass is 395 g/mol. The zero-order valence-corrected chi connectivity index (χ0v) is 13.8. The Labute approximate surface area is 129 Å². The molecule has 114 valence electrons. The van der Waals surface area contributed by atoms with Crippen molar-refractivity contribution in [3.05, 3.63) is 28.9 Å². The smallest absolute Gasteiger partial charge is 0.278 e. The summed E-state index contributed by atoms with van der Waals surface area (Å²) in [6.45, 7) is 0. The minimum Gasteiger partial charge on any atom is -0.278 e. The van der Waals surface area contributed by atoms with Crippen molar-refractivity contribution in [1.82, 2.24) is 15.0 Å². The molecule has 3 N–H and O–H groups in total. The SMILES string of the molecule is Cn1nnc(Br)c1S(=O)(=O)Nc1ccc(S(N)(=O)=O)cc1. The molecule has 0 bridgehead atoms. The van der Waals surface area contributed by atoms with E-state index in [0.29, 0.717) is 0 Å². The Hall–Kier alpha value is -1.50. The van der Waals surface area contributed by atoms with Crippen molar-refractivity contribution >= 4 is 41.7 Å². The van der Waals surface area contributed by atoms with Crippen LogP contribution in [0.4, 0.5) is 5.69 Å². The van der Waals surface area contributed by atoms with Crippen LogP contribution in [-0.2, 0) is 27.1 Å². The molecule has 1 heterocycles. The number of primary sulfonamides is 1. The van der Waals surface area contributed by atoms with Gasteiger partial charge in [0, 0.05) is 12.7 Å². The van der Waals surface area contributed by atoms with E-state index in [1.165, 1.54) is 31.3 Å². The second-order valence-corrected chi connectivity index (χ2v) is 7.89. The van der Waals surface area contributed by atoms with Crippen LogP contribution in [0.15, 0.2) is 38.8 Å². The second-order valence-electron chi connectivity index (χ2n) is 3.98. The second kappa shape index (κ2) is 5.36. The quantitative estimate of drug-likeness (QED) is 0.748. The molecule has 0 unspecified atom stereocenters. The highest BCUT2D eigenvalue weighted by atomic mass is 79.9. The summed E-state index contributed by atoms with van der Waals surface area (Å²) in [5, 5.41) is 12.0. The first-order valence-corrected chi connectivity index (χ1v) is 9.14. The summed E-state index contributed by atoms with van der Waals surface area (Å²) >= 11 is 2.99. The van der Waals surface area contributed by atoms with Crippen molar-refractivity contribution in [1.29, 1.82) is 0 Å². The summed E-state index contributed by atoms with van der Waals surface area (Å²) in [4.78, 5) is -0.117. The highest BCUT2D eigenvalue weighted by Gasteiger charge is 2.24. The zero-order valence-electron chi connectivity index (χ0n) is 10.6. The highest BCUT2D eigenvalue weighted by molar-refractivity contribution is 9.10. The minimum atomic E-state index is -3.92. The van der Waals surface area contributed by atoms with E-state index in [4.69, 9.17) is 5.14 Å². The maximum atomic E-state index is 12.2. The lowest BCUT2D eigenvalue weighted by Crippen LogP contribution is -2.17. The van der Waals surface area contributed by atoms with Crippen molar-refractivity contribution in [3.8, 4) is 0 Å². The van der Waals surface area contributed by atoms with Crippen molar-refractivity contribution in [2.24, 2.45) is 12.2 Å². The van der Waals surface area contributed by atoms with E-state index >= 15 is 0 Å². The first-order chi connectivity index (χ1) is 9.61. The Morgan fingerprint density at radius 1 is 1.19 bits per heavy atom. The molecule has 0 aliphatic rings. The molecule has 1 aromatic carbocycles. The molecule has 1 aromatic heterocycles. The molecule has 9 nitrogen and oxygen atoms in total. The van der Waals surface area contributed by atoms with Crippen LogP contribution < -0.4 is 9.86 Å². The van der Waals surface area contributed by atoms with E-state index < -0.39 is 20.0 Å². The Morgan fingerprint density at radius 2 is 1.76 bits per heavy atom. The van der Waals surface area contributed by atoms with Crippen molar-refractivity contribution in [2.75, 3.05) is 4.72 Å². The van der Waals surface area contributed by atoms with Crippen LogP contribution in [0, 0.1) is 0 Å². The number of nitrogens with two attached hydrogens (primary N) is 1. The number of aromatic nitrogens is 3. The van der Waals surface area contributed by atoms with Crippen LogP contribution in [-0.4, -0.2) is 31.8 Å². The number of aryl methyl sites for hydroxylation is 1. The molecule has 2 aromatic rings. The number of sulfonamides is 2. The van der Waals surface area contributed by atoms with E-state index in [1.807, 2.05) is 0 Å². The number of anilines is 1. The molecule has 0 aliphatic heterocycles. The lowest BCUT2D eigenvalue weighted by atomic mass is 10.3. The molecule has 0 atom stereocenters. The van der Waals surface area contributed by atoms with Gasteiger partial charge in [-0.25, -0.2) is 18.2 Å². The van der Waals surface area contributed by atoms with E-state index in [0.717, 1.165) is 4.68 Å². The molecular formula is C9H10BrN5O4S2. The number of nitrogens with one attached hydrogen (secondary N) is 1. The van der Waals surface area contributed by atoms with Gasteiger partial charge < -0.3 is 0 Å². The molecule has 21 heavy (non-hydrogen) atoms. The summed E-state index contributed by atoms with van der Waals surface area (Å²) in [6.07, 6.45) is 0. The summed E-state index contributed by atoms with van der Waals surface area (Å²) < 4.78 is 50.1. The van der Waals surface area contributed by atoms with Gasteiger partial charge in [0.2, 0.25) is 15.0 Å². The van der Waals surface area contributed by atoms with Gasteiger partial charge in [-0.15, -0.1) is 5.10 Å². The number of hydrogen-bond acceptors (Lipinski definition) is 6. The first-order valence-electron chi connectivity index (χ1n) is 5.32. The van der Waals surface area contributed by atoms with E-state index in [-0.39, 0.29) is 20.2 Å². The molecule has 0 saturated carbocycles. The third-order valence-corrected chi connectivity index (χ3v) is 5.62. The predicted molar refractivity (Wildman–Crippen MR) is 77.3 cm³/mol. The molecule has 0 amide bonds. The number of hydrogen-bond donors (Lipinski definition) is 2. The highest BCUT2D eigenvalue weighted by Crippen LogP contribution is 2.22. The third-order valence-electron chi connectivity index (χ3n) is 2.43. The molecule has 12 heteroatoms. The largest absolute Gasteiger partial charge is 0.281 e. The van der Waals surface area contributed by atoms with Gasteiger partial charge in [0.1, 0.15) is 0 Å². The number of nitrogens with zero attached hydrogens (tertiary/aromatic N) is 3. The molecular weight excluding hydrogens is 386 g/mol. The molecule has 0 radical (unpaired) electrons. The zero-order chi connectivity index (χ0) is 15.8. The molecule has 0 fully saturated rings. The maximum Gasteiger partial charge on any atom is 0.281 e. The third kappa shape index (κ3) is 3.40. The molecule has 0 saturated heterocycles. The number of benzene rings is 1. The van der Waals surface area contributed by atoms with Gasteiger partial charge in [-0.2, -0.15) is 8.42 Å². The van der Waals surface area contributed by atoms with Crippen LogP contribution in [0.2, 0.25) is 0 Å². The lowest BCUT2D eigenvalue weighted by molar-refractivity contribution is 0.578. The van der Waals surface area contributed by atoms with Gasteiger partial charge in [0.15, 0.2) is 4.60 Å². The number of halogens is 1. The van der Waals surface area contributed by atoms with Gasteiger partial charge in [-0.3, -0.25) is 4.72 Å². The Kier molecular flexibility index (Phi) is 4.06. The van der Waals surface area contributed by atoms with Gasteiger partial charge in [-0.1, -0.05) is 5.21 Å². The van der Waals surface area contributed by atoms with Crippen LogP contribution >= 0.6 is 15.9 Å². The number of rotatable bonds is 4. The van der Waals surface area contributed by atoms with Gasteiger partial charge >= 0.3 is 0 Å². The molecule has 2 rings (SSSR count). The van der Waals surface area contributed by atoms with E-state index in [1.54, 1.807) is 0 Å². The fraction of sp³-hybridized carbons (Fsp3) is 0.111. The topological polar surface area (TPSA) is 137 Å². The first kappa shape index (κ1) is 15.9. The summed E-state index contributed by atoms with van der Waals surface area (Å²) in [7, 11) is -6.32. The van der Waals surface area contributed by atoms with Crippen molar-refractivity contribution < 1.29 is 16.8 Å². The lowest BCUT2D eigenvalue weighted by Gasteiger charge is -2.08. The average molecular weight is 396 g/mol. The van der Waals surface area contributed by atoms with Crippen molar-refractivity contribution in [3.63, 3.8) is 0 Å². The van der Waals surface area contributed by atoms with Crippen molar-refractivity contribution in [2.45, 2.75) is 9.92 Å². The summed E-state index contributed by atoms with van der Waals surface area (Å²) in [5.74, 6) is 0. The normalized spacial score (nSPS) is 12.3. The minimum absolute atomic E-state index is 0.0682. The summed E-state index contributed by atoms with van der Waals surface area (Å²) in [6, 6.07) is 4.97. The van der Waals surface area contributed by atoms with E-state index in [9.17, 15) is 16.8 Å². The Balaban J connectivity index is 2.34. The Morgan fingerprint density at radius 3 is 2.19 bits per heavy atom. The average Bonchev–Trinajstić information content (AvgIpc) is 2.68. The Bertz CT molecular complexity index is 854. The van der Waals surface area contributed by atoms with Crippen LogP contribution in [0.3, 0.4) is 0 Å². The van der Waals surface area contributed by atoms with Crippen LogP contribution in [0.1, 0.15) is 0 Å². The van der Waals surface area contributed by atoms with Crippen LogP contribution in [0.25, 0.3) is 0 Å². The fourth-order valence-electron chi connectivity index (χ4n) is 1.52. The predicted octanol–water partition coefficient (Wildman–Crippen LogP) is 0.0258. The standard InChI is InChI=1S/C9H10BrN5O4S2/c1-15-9(8(10)12-14-15)21(18,19)13-6-2-4-7(5-3-6)20(11,16)17/h2-5,13H,1H3,(H2,11,16,17). The van der Waals surface area contributed by atoms with Crippen LogP contribution in [0.5, 0.6) is 0 Å². The van der Waals surface area contributed by atoms with E-state index in [2.05, 4.69) is 31.0 Å². The fourth-order valence-corrected chi connectivity index (χ4v) is 4.20. The summed E-state index contributed by atoms with van der Waals surface area (Å²) in [5.41, 5.74) is 0.176. The van der Waals surface area contributed by atoms with Gasteiger partial charge in [0.05, 0.1) is 4.90 Å². The molecule has 0 spiro atoms.